The molecule has 0 saturated heterocycles. The Labute approximate surface area is 124 Å². The molecule has 0 aromatic heterocycles. The number of carbonyl (C=O) groups excluding carboxylic acids is 1. The van der Waals surface area contributed by atoms with Gasteiger partial charge in [0.05, 0.1) is 19.0 Å². The SMILES string of the molecule is Cc1cc(C)cc(OCCN(C)C(=O)C(N)CC(=O)O)c1. The Bertz CT molecular complexity index is 496. The van der Waals surface area contributed by atoms with Crippen LogP contribution < -0.4 is 10.5 Å². The van der Waals surface area contributed by atoms with E-state index in [0.29, 0.717) is 13.2 Å². The Morgan fingerprint density at radius 2 is 1.86 bits per heavy atom. The molecule has 0 aliphatic rings. The molecule has 0 bridgehead atoms. The number of aliphatic carboxylic acids is 1. The molecular weight excluding hydrogens is 272 g/mol. The Balaban J connectivity index is 2.44. The fraction of sp³-hybridized carbons (Fsp3) is 0.467. The summed E-state index contributed by atoms with van der Waals surface area (Å²) in [4.78, 5) is 23.7. The number of likely N-dealkylation sites (N-methyl/N-ethyl adjacent to an activating group) is 1. The molecule has 0 fully saturated rings. The van der Waals surface area contributed by atoms with Crippen LogP contribution in [0.3, 0.4) is 0 Å². The summed E-state index contributed by atoms with van der Waals surface area (Å²) in [6, 6.07) is 4.87. The number of hydrogen-bond acceptors (Lipinski definition) is 4. The molecule has 1 atom stereocenters. The zero-order valence-electron chi connectivity index (χ0n) is 12.6. The van der Waals surface area contributed by atoms with Crippen molar-refractivity contribution in [3.8, 4) is 5.75 Å². The molecule has 1 amide bonds. The van der Waals surface area contributed by atoms with Crippen LogP contribution in [0.15, 0.2) is 18.2 Å². The summed E-state index contributed by atoms with van der Waals surface area (Å²) >= 11 is 0. The maximum atomic E-state index is 11.8. The van der Waals surface area contributed by atoms with E-state index in [0.717, 1.165) is 16.9 Å². The van der Waals surface area contributed by atoms with Gasteiger partial charge in [-0.25, -0.2) is 0 Å². The molecule has 21 heavy (non-hydrogen) atoms. The molecule has 6 heteroatoms. The number of rotatable bonds is 7. The predicted octanol–water partition coefficient (Wildman–Crippen LogP) is 0.943. The number of hydrogen-bond donors (Lipinski definition) is 2. The van der Waals surface area contributed by atoms with Crippen molar-refractivity contribution in [2.75, 3.05) is 20.2 Å². The van der Waals surface area contributed by atoms with Crippen molar-refractivity contribution in [2.45, 2.75) is 26.3 Å². The highest BCUT2D eigenvalue weighted by Crippen LogP contribution is 2.16. The van der Waals surface area contributed by atoms with Gasteiger partial charge in [0.25, 0.3) is 0 Å². The fourth-order valence-corrected chi connectivity index (χ4v) is 1.99. The minimum atomic E-state index is -1.09. The highest BCUT2D eigenvalue weighted by Gasteiger charge is 2.20. The highest BCUT2D eigenvalue weighted by molar-refractivity contribution is 5.85. The van der Waals surface area contributed by atoms with Crippen LogP contribution in [0.1, 0.15) is 17.5 Å². The molecule has 6 nitrogen and oxygen atoms in total. The standard InChI is InChI=1S/C15H22N2O4/c1-10-6-11(2)8-12(7-10)21-5-4-17(3)15(20)13(16)9-14(18)19/h6-8,13H,4-5,9,16H2,1-3H3,(H,18,19). The molecule has 0 saturated carbocycles. The zero-order valence-corrected chi connectivity index (χ0v) is 12.6. The summed E-state index contributed by atoms with van der Waals surface area (Å²) in [5.74, 6) is -0.736. The smallest absolute Gasteiger partial charge is 0.305 e. The van der Waals surface area contributed by atoms with Crippen molar-refractivity contribution in [1.29, 1.82) is 0 Å². The fourth-order valence-electron chi connectivity index (χ4n) is 1.99. The van der Waals surface area contributed by atoms with Crippen molar-refractivity contribution in [3.63, 3.8) is 0 Å². The van der Waals surface area contributed by atoms with Crippen LogP contribution in [-0.4, -0.2) is 48.1 Å². The lowest BCUT2D eigenvalue weighted by atomic mass is 10.1. The van der Waals surface area contributed by atoms with Crippen LogP contribution in [0.5, 0.6) is 5.75 Å². The molecule has 0 spiro atoms. The molecule has 0 aliphatic carbocycles. The number of amides is 1. The maximum Gasteiger partial charge on any atom is 0.305 e. The molecular formula is C15H22N2O4. The van der Waals surface area contributed by atoms with E-state index in [1.807, 2.05) is 32.0 Å². The third-order valence-electron chi connectivity index (χ3n) is 2.98. The van der Waals surface area contributed by atoms with Crippen LogP contribution in [-0.2, 0) is 9.59 Å². The van der Waals surface area contributed by atoms with E-state index in [-0.39, 0.29) is 6.42 Å². The number of carbonyl (C=O) groups is 2. The first kappa shape index (κ1) is 17.0. The number of ether oxygens (including phenoxy) is 1. The van der Waals surface area contributed by atoms with Crippen molar-refractivity contribution < 1.29 is 19.4 Å². The molecule has 0 radical (unpaired) electrons. The minimum Gasteiger partial charge on any atom is -0.492 e. The van der Waals surface area contributed by atoms with Gasteiger partial charge in [-0.1, -0.05) is 6.07 Å². The van der Waals surface area contributed by atoms with E-state index in [4.69, 9.17) is 15.6 Å². The van der Waals surface area contributed by atoms with E-state index < -0.39 is 17.9 Å². The Morgan fingerprint density at radius 1 is 1.29 bits per heavy atom. The van der Waals surface area contributed by atoms with Crippen LogP contribution in [0.25, 0.3) is 0 Å². The van der Waals surface area contributed by atoms with Crippen LogP contribution in [0.4, 0.5) is 0 Å². The number of benzene rings is 1. The number of nitrogens with zero attached hydrogens (tertiary/aromatic N) is 1. The lowest BCUT2D eigenvalue weighted by Gasteiger charge is -2.20. The van der Waals surface area contributed by atoms with Gasteiger partial charge in [-0.05, 0) is 37.1 Å². The first-order valence-corrected chi connectivity index (χ1v) is 6.73. The molecule has 1 aromatic carbocycles. The summed E-state index contributed by atoms with van der Waals surface area (Å²) in [6.45, 7) is 4.64. The van der Waals surface area contributed by atoms with Crippen molar-refractivity contribution in [2.24, 2.45) is 5.73 Å². The number of aryl methyl sites for hydroxylation is 2. The van der Waals surface area contributed by atoms with E-state index in [1.165, 1.54) is 4.90 Å². The van der Waals surface area contributed by atoms with Gasteiger partial charge in [0.15, 0.2) is 0 Å². The molecule has 1 rings (SSSR count). The average Bonchev–Trinajstić information content (AvgIpc) is 2.35. The van der Waals surface area contributed by atoms with Gasteiger partial charge in [0.1, 0.15) is 12.4 Å². The Morgan fingerprint density at radius 3 is 2.38 bits per heavy atom. The first-order valence-electron chi connectivity index (χ1n) is 6.73. The van der Waals surface area contributed by atoms with Gasteiger partial charge in [-0.3, -0.25) is 9.59 Å². The van der Waals surface area contributed by atoms with Gasteiger partial charge in [0, 0.05) is 7.05 Å². The van der Waals surface area contributed by atoms with Gasteiger partial charge in [0.2, 0.25) is 5.91 Å². The molecule has 116 valence electrons. The third-order valence-corrected chi connectivity index (χ3v) is 2.98. The second-order valence-corrected chi connectivity index (χ2v) is 5.14. The second-order valence-electron chi connectivity index (χ2n) is 5.14. The van der Waals surface area contributed by atoms with E-state index in [9.17, 15) is 9.59 Å². The normalized spacial score (nSPS) is 11.8. The molecule has 1 unspecified atom stereocenters. The predicted molar refractivity (Wildman–Crippen MR) is 79.3 cm³/mol. The summed E-state index contributed by atoms with van der Waals surface area (Å²) in [7, 11) is 1.58. The lowest BCUT2D eigenvalue weighted by Crippen LogP contribution is -2.44. The Kier molecular flexibility index (Phi) is 6.17. The second kappa shape index (κ2) is 7.64. The minimum absolute atomic E-state index is 0.324. The van der Waals surface area contributed by atoms with Crippen molar-refractivity contribution in [3.05, 3.63) is 29.3 Å². The summed E-state index contributed by atoms with van der Waals surface area (Å²) in [6.07, 6.45) is -0.374. The summed E-state index contributed by atoms with van der Waals surface area (Å²) in [5.41, 5.74) is 7.75. The first-order chi connectivity index (χ1) is 9.79. The van der Waals surface area contributed by atoms with Gasteiger partial charge < -0.3 is 20.5 Å². The van der Waals surface area contributed by atoms with Crippen LogP contribution in [0, 0.1) is 13.8 Å². The zero-order chi connectivity index (χ0) is 16.0. The van der Waals surface area contributed by atoms with E-state index in [2.05, 4.69) is 0 Å². The van der Waals surface area contributed by atoms with E-state index >= 15 is 0 Å². The van der Waals surface area contributed by atoms with Crippen molar-refractivity contribution >= 4 is 11.9 Å². The van der Waals surface area contributed by atoms with Crippen LogP contribution >= 0.6 is 0 Å². The lowest BCUT2D eigenvalue weighted by molar-refractivity contribution is -0.141. The van der Waals surface area contributed by atoms with E-state index in [1.54, 1.807) is 7.05 Å². The highest BCUT2D eigenvalue weighted by atomic mass is 16.5. The van der Waals surface area contributed by atoms with Gasteiger partial charge >= 0.3 is 5.97 Å². The average molecular weight is 294 g/mol. The van der Waals surface area contributed by atoms with Crippen LogP contribution in [0.2, 0.25) is 0 Å². The largest absolute Gasteiger partial charge is 0.492 e. The maximum absolute atomic E-state index is 11.8. The molecule has 1 aromatic rings. The topological polar surface area (TPSA) is 92.9 Å². The monoisotopic (exact) mass is 294 g/mol. The summed E-state index contributed by atoms with van der Waals surface area (Å²) in [5, 5.41) is 8.62. The third kappa shape index (κ3) is 5.83. The van der Waals surface area contributed by atoms with Crippen molar-refractivity contribution in [1.82, 2.24) is 4.90 Å². The van der Waals surface area contributed by atoms with Gasteiger partial charge in [-0.2, -0.15) is 0 Å². The molecule has 0 aliphatic heterocycles. The van der Waals surface area contributed by atoms with Gasteiger partial charge in [-0.15, -0.1) is 0 Å². The number of carboxylic acids is 1. The number of carboxylic acid groups (broad SMARTS) is 1. The summed E-state index contributed by atoms with van der Waals surface area (Å²) < 4.78 is 5.60. The quantitative estimate of drug-likeness (QED) is 0.781. The number of nitrogens with two attached hydrogens (primary N) is 1. The Hall–Kier alpha value is -2.08. The molecule has 3 N–H and O–H groups in total. The molecule has 0 heterocycles.